The first-order valence-electron chi connectivity index (χ1n) is 10.4. The van der Waals surface area contributed by atoms with Gasteiger partial charge in [-0.2, -0.15) is 4.31 Å². The normalized spacial score (nSPS) is 11.7. The summed E-state index contributed by atoms with van der Waals surface area (Å²) in [6.07, 6.45) is 0. The van der Waals surface area contributed by atoms with E-state index in [0.29, 0.717) is 0 Å². The van der Waals surface area contributed by atoms with E-state index in [2.05, 4.69) is 5.32 Å². The maximum atomic E-state index is 13.6. The summed E-state index contributed by atoms with van der Waals surface area (Å²) in [6.45, 7) is 2.06. The van der Waals surface area contributed by atoms with Crippen molar-refractivity contribution < 1.29 is 18.3 Å². The van der Waals surface area contributed by atoms with Gasteiger partial charge in [0.2, 0.25) is 0 Å². The lowest BCUT2D eigenvalue weighted by Gasteiger charge is -2.22. The first kappa shape index (κ1) is 23.7. The molecule has 10 heteroatoms. The van der Waals surface area contributed by atoms with Gasteiger partial charge in [-0.3, -0.25) is 9.59 Å². The lowest BCUT2D eigenvalue weighted by Crippen LogP contribution is -2.35. The Labute approximate surface area is 200 Å². The third kappa shape index (κ3) is 4.60. The van der Waals surface area contributed by atoms with Gasteiger partial charge in [0.25, 0.3) is 20.9 Å². The smallest absolute Gasteiger partial charge is 0.272 e. The fourth-order valence-electron chi connectivity index (χ4n) is 3.42. The highest BCUT2D eigenvalue weighted by Gasteiger charge is 2.32. The lowest BCUT2D eigenvalue weighted by molar-refractivity contribution is 0.335. The number of sulfonamides is 1. The summed E-state index contributed by atoms with van der Waals surface area (Å²) in [7, 11) is -4.12. The maximum Gasteiger partial charge on any atom is 0.272 e. The Morgan fingerprint density at radius 2 is 1.50 bits per heavy atom. The average Bonchev–Trinajstić information content (AvgIpc) is 3.22. The Kier molecular flexibility index (Phi) is 6.82. The minimum absolute atomic E-state index is 0.0102. The minimum atomic E-state index is -4.12. The van der Waals surface area contributed by atoms with Crippen LogP contribution in [0.5, 0.6) is 11.5 Å². The van der Waals surface area contributed by atoms with Gasteiger partial charge < -0.3 is 15.2 Å². The Morgan fingerprint density at radius 1 is 0.941 bits per heavy atom. The molecule has 8 nitrogen and oxygen atoms in total. The topological polar surface area (TPSA) is 113 Å². The number of nitrogens with one attached hydrogen (secondary N) is 1. The predicted molar refractivity (Wildman–Crippen MR) is 131 cm³/mol. The molecule has 176 valence electrons. The van der Waals surface area contributed by atoms with Gasteiger partial charge in [-0.1, -0.05) is 60.7 Å². The van der Waals surface area contributed by atoms with Crippen molar-refractivity contribution in [2.45, 2.75) is 24.2 Å². The van der Waals surface area contributed by atoms with Crippen LogP contribution in [0.25, 0.3) is 0 Å². The van der Waals surface area contributed by atoms with Crippen molar-refractivity contribution in [2.75, 3.05) is 11.9 Å². The number of rotatable bonds is 10. The molecular formula is C24H22N2O6S2. The van der Waals surface area contributed by atoms with E-state index >= 15 is 0 Å². The molecule has 0 radical (unpaired) electrons. The number of benzene rings is 2. The molecule has 0 amide bonds. The van der Waals surface area contributed by atoms with Crippen molar-refractivity contribution in [2.24, 2.45) is 0 Å². The van der Waals surface area contributed by atoms with Crippen LogP contribution in [0.3, 0.4) is 0 Å². The van der Waals surface area contributed by atoms with Crippen LogP contribution in [0.15, 0.2) is 79.8 Å². The van der Waals surface area contributed by atoms with Gasteiger partial charge in [-0.25, -0.2) is 8.42 Å². The van der Waals surface area contributed by atoms with Crippen LogP contribution in [0.1, 0.15) is 18.1 Å². The van der Waals surface area contributed by atoms with E-state index in [1.54, 1.807) is 6.92 Å². The fourth-order valence-corrected chi connectivity index (χ4v) is 6.21. The number of hydrogen-bond donors (Lipinski definition) is 2. The molecule has 1 heterocycles. The second-order valence-electron chi connectivity index (χ2n) is 7.45. The predicted octanol–water partition coefficient (Wildman–Crippen LogP) is 3.58. The molecule has 2 N–H and O–H groups in total. The summed E-state index contributed by atoms with van der Waals surface area (Å²) in [5, 5.41) is 14.8. The molecule has 0 unspecified atom stereocenters. The van der Waals surface area contributed by atoms with Crippen LogP contribution in [-0.4, -0.2) is 24.4 Å². The molecule has 0 fully saturated rings. The molecule has 0 aliphatic heterocycles. The van der Waals surface area contributed by atoms with Crippen molar-refractivity contribution in [3.63, 3.8) is 0 Å². The minimum Gasteiger partial charge on any atom is -0.504 e. The van der Waals surface area contributed by atoms with Gasteiger partial charge in [0.05, 0.1) is 12.3 Å². The fraction of sp³-hybridized carbons (Fsp3) is 0.167. The van der Waals surface area contributed by atoms with Gasteiger partial charge in [0, 0.05) is 18.5 Å². The second-order valence-corrected chi connectivity index (χ2v) is 10.5. The van der Waals surface area contributed by atoms with Crippen molar-refractivity contribution >= 4 is 32.7 Å². The lowest BCUT2D eigenvalue weighted by atomic mass is 10.2. The summed E-state index contributed by atoms with van der Waals surface area (Å²) in [5.41, 5.74) is -0.0506. The van der Waals surface area contributed by atoms with Crippen LogP contribution < -0.4 is 20.9 Å². The summed E-state index contributed by atoms with van der Waals surface area (Å²) in [5.74, 6) is -0.649. The van der Waals surface area contributed by atoms with Crippen molar-refractivity contribution in [1.29, 1.82) is 0 Å². The largest absolute Gasteiger partial charge is 0.504 e. The number of hydrogen-bond acceptors (Lipinski definition) is 8. The molecule has 34 heavy (non-hydrogen) atoms. The van der Waals surface area contributed by atoms with Crippen LogP contribution in [0.4, 0.5) is 11.4 Å². The molecule has 0 atom stereocenters. The Hall–Kier alpha value is -3.47. The van der Waals surface area contributed by atoms with Gasteiger partial charge in [0.15, 0.2) is 15.7 Å². The molecule has 0 bridgehead atoms. The zero-order chi connectivity index (χ0) is 24.3. The summed E-state index contributed by atoms with van der Waals surface area (Å²) in [4.78, 5) is 23.6. The molecule has 1 aromatic heterocycles. The standard InChI is InChI=1S/C24H22N2O6S2/c1-2-32-23-19(21(28)22(23)29)25-18-15-33-24(20(18)27)34(30,31)26(13-16-9-5-3-6-10-16)14-17-11-7-4-8-12-17/h3-12,15,25,27H,2,13-14H2,1H3. The number of ether oxygens (including phenoxy) is 1. The van der Waals surface area contributed by atoms with E-state index in [4.69, 9.17) is 4.74 Å². The highest BCUT2D eigenvalue weighted by molar-refractivity contribution is 7.91. The van der Waals surface area contributed by atoms with Gasteiger partial charge in [-0.15, -0.1) is 11.3 Å². The molecule has 0 aliphatic rings. The molecule has 0 aliphatic carbocycles. The van der Waals surface area contributed by atoms with E-state index in [1.807, 2.05) is 60.7 Å². The third-order valence-electron chi connectivity index (χ3n) is 5.12. The van der Waals surface area contributed by atoms with E-state index in [0.717, 1.165) is 22.5 Å². The van der Waals surface area contributed by atoms with Gasteiger partial charge >= 0.3 is 0 Å². The SMILES string of the molecule is CCOc1c(Nc2csc(S(=O)(=O)N(Cc3ccccc3)Cc3ccccc3)c2O)c(=O)c1=O. The third-order valence-corrected chi connectivity index (χ3v) is 8.41. The Bertz CT molecular complexity index is 1420. The Balaban J connectivity index is 1.67. The molecule has 4 rings (SSSR count). The van der Waals surface area contributed by atoms with E-state index in [1.165, 1.54) is 9.69 Å². The monoisotopic (exact) mass is 498 g/mol. The van der Waals surface area contributed by atoms with Crippen LogP contribution in [-0.2, 0) is 23.1 Å². The van der Waals surface area contributed by atoms with Gasteiger partial charge in [-0.05, 0) is 18.1 Å². The molecule has 0 saturated carbocycles. The summed E-state index contributed by atoms with van der Waals surface area (Å²) >= 11 is 0.824. The quantitative estimate of drug-likeness (QED) is 0.321. The average molecular weight is 499 g/mol. The molecule has 0 saturated heterocycles. The Morgan fingerprint density at radius 3 is 2.03 bits per heavy atom. The highest BCUT2D eigenvalue weighted by atomic mass is 32.2. The van der Waals surface area contributed by atoms with Crippen LogP contribution in [0, 0.1) is 0 Å². The van der Waals surface area contributed by atoms with Crippen molar-refractivity contribution in [1.82, 2.24) is 4.31 Å². The summed E-state index contributed by atoms with van der Waals surface area (Å²) < 4.78 is 33.4. The van der Waals surface area contributed by atoms with Crippen LogP contribution in [0.2, 0.25) is 0 Å². The van der Waals surface area contributed by atoms with Gasteiger partial charge in [0.1, 0.15) is 5.69 Å². The zero-order valence-electron chi connectivity index (χ0n) is 18.2. The van der Waals surface area contributed by atoms with Crippen molar-refractivity contribution in [3.8, 4) is 11.5 Å². The first-order chi connectivity index (χ1) is 16.3. The zero-order valence-corrected chi connectivity index (χ0v) is 19.9. The molecule has 4 aromatic rings. The van der Waals surface area contributed by atoms with E-state index < -0.39 is 26.6 Å². The number of aromatic hydroxyl groups is 1. The highest BCUT2D eigenvalue weighted by Crippen LogP contribution is 2.41. The molecular weight excluding hydrogens is 476 g/mol. The van der Waals surface area contributed by atoms with E-state index in [9.17, 15) is 23.1 Å². The number of thiophene rings is 1. The first-order valence-corrected chi connectivity index (χ1v) is 12.8. The number of anilines is 2. The summed E-state index contributed by atoms with van der Waals surface area (Å²) in [6, 6.07) is 18.3. The molecule has 0 spiro atoms. The van der Waals surface area contributed by atoms with Crippen molar-refractivity contribution in [3.05, 3.63) is 97.6 Å². The second kappa shape index (κ2) is 9.80. The number of nitrogens with zero attached hydrogens (tertiary/aromatic N) is 1. The maximum absolute atomic E-state index is 13.6. The van der Waals surface area contributed by atoms with Crippen LogP contribution >= 0.6 is 11.3 Å². The van der Waals surface area contributed by atoms with E-state index in [-0.39, 0.29) is 41.0 Å². The molecule has 3 aromatic carbocycles.